The van der Waals surface area contributed by atoms with Crippen molar-refractivity contribution in [2.75, 3.05) is 20.1 Å². The van der Waals surface area contributed by atoms with E-state index < -0.39 is 0 Å². The van der Waals surface area contributed by atoms with Gasteiger partial charge in [0.25, 0.3) is 0 Å². The average molecular weight is 269 g/mol. The van der Waals surface area contributed by atoms with Crippen molar-refractivity contribution in [1.82, 2.24) is 15.2 Å². The molecule has 0 amide bonds. The molecule has 1 aromatic rings. The van der Waals surface area contributed by atoms with Crippen molar-refractivity contribution < 1.29 is 0 Å². The van der Waals surface area contributed by atoms with Gasteiger partial charge in [0.2, 0.25) is 0 Å². The molecule has 0 saturated heterocycles. The van der Waals surface area contributed by atoms with E-state index in [1.807, 2.05) is 5.51 Å². The minimum Gasteiger partial charge on any atom is -0.316 e. The first-order chi connectivity index (χ1) is 8.59. The van der Waals surface area contributed by atoms with Crippen LogP contribution in [0.2, 0.25) is 0 Å². The van der Waals surface area contributed by atoms with E-state index in [0.717, 1.165) is 25.6 Å². The standard InChI is InChI=1S/C14H27N3S/c1-12(2)8-15-7-5-6-13(3)17(4)9-14-10-18-11-16-14/h10-13,15H,5-9H2,1-4H3. The van der Waals surface area contributed by atoms with Crippen LogP contribution in [0.25, 0.3) is 0 Å². The van der Waals surface area contributed by atoms with Crippen molar-refractivity contribution in [3.8, 4) is 0 Å². The topological polar surface area (TPSA) is 28.2 Å². The molecule has 0 aliphatic heterocycles. The SMILES string of the molecule is CC(C)CNCCCC(C)N(C)Cc1cscn1. The predicted octanol–water partition coefficient (Wildman–Crippen LogP) is 2.99. The summed E-state index contributed by atoms with van der Waals surface area (Å²) in [5, 5.41) is 5.63. The van der Waals surface area contributed by atoms with E-state index in [2.05, 4.69) is 48.4 Å². The first-order valence-electron chi connectivity index (χ1n) is 6.87. The highest BCUT2D eigenvalue weighted by Gasteiger charge is 2.10. The summed E-state index contributed by atoms with van der Waals surface area (Å²) < 4.78 is 0. The Kier molecular flexibility index (Phi) is 7.47. The van der Waals surface area contributed by atoms with Crippen LogP contribution < -0.4 is 5.32 Å². The number of nitrogens with zero attached hydrogens (tertiary/aromatic N) is 2. The van der Waals surface area contributed by atoms with Gasteiger partial charge in [-0.2, -0.15) is 0 Å². The number of hydrogen-bond donors (Lipinski definition) is 1. The summed E-state index contributed by atoms with van der Waals surface area (Å²) in [6, 6.07) is 0.618. The van der Waals surface area contributed by atoms with E-state index in [1.165, 1.54) is 18.5 Å². The summed E-state index contributed by atoms with van der Waals surface area (Å²) >= 11 is 1.67. The van der Waals surface area contributed by atoms with E-state index in [4.69, 9.17) is 0 Å². The predicted molar refractivity (Wildman–Crippen MR) is 80.0 cm³/mol. The third-order valence-corrected chi connectivity index (χ3v) is 3.81. The van der Waals surface area contributed by atoms with Gasteiger partial charge in [-0.25, -0.2) is 4.98 Å². The lowest BCUT2D eigenvalue weighted by Crippen LogP contribution is -2.30. The molecule has 0 aliphatic rings. The second kappa shape index (κ2) is 8.62. The van der Waals surface area contributed by atoms with Gasteiger partial charge in [-0.1, -0.05) is 13.8 Å². The highest BCUT2D eigenvalue weighted by Crippen LogP contribution is 2.10. The second-order valence-corrected chi connectivity index (χ2v) is 6.20. The molecule has 1 N–H and O–H groups in total. The van der Waals surface area contributed by atoms with E-state index in [9.17, 15) is 0 Å². The average Bonchev–Trinajstić information content (AvgIpc) is 2.80. The molecule has 104 valence electrons. The Morgan fingerprint density at radius 2 is 2.17 bits per heavy atom. The molecular formula is C14H27N3S. The maximum absolute atomic E-state index is 4.33. The minimum absolute atomic E-state index is 0.618. The first kappa shape index (κ1) is 15.6. The fraction of sp³-hybridized carbons (Fsp3) is 0.786. The quantitative estimate of drug-likeness (QED) is 0.699. The zero-order valence-electron chi connectivity index (χ0n) is 12.1. The third-order valence-electron chi connectivity index (χ3n) is 3.18. The van der Waals surface area contributed by atoms with Gasteiger partial charge in [0.15, 0.2) is 0 Å². The van der Waals surface area contributed by atoms with Gasteiger partial charge in [-0.3, -0.25) is 4.90 Å². The Balaban J connectivity index is 2.10. The lowest BCUT2D eigenvalue weighted by molar-refractivity contribution is 0.232. The fourth-order valence-corrected chi connectivity index (χ4v) is 2.41. The molecule has 0 aromatic carbocycles. The third kappa shape index (κ3) is 6.47. The molecule has 3 nitrogen and oxygen atoms in total. The number of aromatic nitrogens is 1. The Labute approximate surface area is 116 Å². The first-order valence-corrected chi connectivity index (χ1v) is 7.82. The van der Waals surface area contributed by atoms with Crippen LogP contribution >= 0.6 is 11.3 Å². The Bertz CT molecular complexity index is 298. The van der Waals surface area contributed by atoms with Crippen molar-refractivity contribution in [2.45, 2.75) is 46.2 Å². The van der Waals surface area contributed by atoms with Crippen molar-refractivity contribution >= 4 is 11.3 Å². The zero-order valence-corrected chi connectivity index (χ0v) is 13.0. The summed E-state index contributed by atoms with van der Waals surface area (Å²) in [7, 11) is 2.19. The lowest BCUT2D eigenvalue weighted by atomic mass is 10.1. The molecular weight excluding hydrogens is 242 g/mol. The van der Waals surface area contributed by atoms with E-state index in [-0.39, 0.29) is 0 Å². The van der Waals surface area contributed by atoms with E-state index in [1.54, 1.807) is 11.3 Å². The van der Waals surface area contributed by atoms with Crippen LogP contribution in [0.1, 0.15) is 39.3 Å². The molecule has 0 bridgehead atoms. The van der Waals surface area contributed by atoms with Crippen LogP contribution in [-0.2, 0) is 6.54 Å². The van der Waals surface area contributed by atoms with Crippen LogP contribution in [0.15, 0.2) is 10.9 Å². The smallest absolute Gasteiger partial charge is 0.0795 e. The van der Waals surface area contributed by atoms with Crippen LogP contribution in [0, 0.1) is 5.92 Å². The van der Waals surface area contributed by atoms with Crippen LogP contribution in [0.4, 0.5) is 0 Å². The number of thiazole rings is 1. The maximum Gasteiger partial charge on any atom is 0.0795 e. The highest BCUT2D eigenvalue weighted by molar-refractivity contribution is 7.07. The molecule has 0 saturated carbocycles. The van der Waals surface area contributed by atoms with E-state index >= 15 is 0 Å². The summed E-state index contributed by atoms with van der Waals surface area (Å²) in [4.78, 5) is 6.72. The fourth-order valence-electron chi connectivity index (χ4n) is 1.86. The molecule has 0 spiro atoms. The van der Waals surface area contributed by atoms with Crippen molar-refractivity contribution in [2.24, 2.45) is 5.92 Å². The summed E-state index contributed by atoms with van der Waals surface area (Å²) in [5.41, 5.74) is 3.09. The van der Waals surface area contributed by atoms with Crippen molar-refractivity contribution in [3.05, 3.63) is 16.6 Å². The van der Waals surface area contributed by atoms with Gasteiger partial charge in [-0.05, 0) is 45.8 Å². The van der Waals surface area contributed by atoms with Gasteiger partial charge < -0.3 is 5.32 Å². The van der Waals surface area contributed by atoms with Gasteiger partial charge in [0.05, 0.1) is 11.2 Å². The molecule has 1 heterocycles. The highest BCUT2D eigenvalue weighted by atomic mass is 32.1. The molecule has 1 aromatic heterocycles. The largest absolute Gasteiger partial charge is 0.316 e. The molecule has 0 aliphatic carbocycles. The Hall–Kier alpha value is -0.450. The molecule has 0 fully saturated rings. The van der Waals surface area contributed by atoms with Gasteiger partial charge in [0.1, 0.15) is 0 Å². The number of nitrogens with one attached hydrogen (secondary N) is 1. The monoisotopic (exact) mass is 269 g/mol. The summed E-state index contributed by atoms with van der Waals surface area (Å²) in [6.07, 6.45) is 2.49. The molecule has 4 heteroatoms. The Morgan fingerprint density at radius 1 is 1.39 bits per heavy atom. The summed E-state index contributed by atoms with van der Waals surface area (Å²) in [6.45, 7) is 10.0. The van der Waals surface area contributed by atoms with Crippen LogP contribution in [0.3, 0.4) is 0 Å². The van der Waals surface area contributed by atoms with Gasteiger partial charge >= 0.3 is 0 Å². The van der Waals surface area contributed by atoms with Crippen LogP contribution in [-0.4, -0.2) is 36.1 Å². The number of hydrogen-bond acceptors (Lipinski definition) is 4. The molecule has 18 heavy (non-hydrogen) atoms. The molecule has 1 rings (SSSR count). The Morgan fingerprint density at radius 3 is 2.78 bits per heavy atom. The molecule has 1 unspecified atom stereocenters. The summed E-state index contributed by atoms with van der Waals surface area (Å²) in [5.74, 6) is 0.745. The molecule has 0 radical (unpaired) electrons. The van der Waals surface area contributed by atoms with Gasteiger partial charge in [-0.15, -0.1) is 11.3 Å². The normalized spacial score (nSPS) is 13.4. The van der Waals surface area contributed by atoms with Gasteiger partial charge in [0, 0.05) is 18.0 Å². The minimum atomic E-state index is 0.618. The van der Waals surface area contributed by atoms with Crippen molar-refractivity contribution in [3.63, 3.8) is 0 Å². The maximum atomic E-state index is 4.33. The lowest BCUT2D eigenvalue weighted by Gasteiger charge is -2.24. The van der Waals surface area contributed by atoms with Crippen LogP contribution in [0.5, 0.6) is 0 Å². The number of rotatable bonds is 9. The second-order valence-electron chi connectivity index (χ2n) is 5.48. The molecule has 1 atom stereocenters. The zero-order chi connectivity index (χ0) is 13.4. The van der Waals surface area contributed by atoms with E-state index in [0.29, 0.717) is 6.04 Å². The van der Waals surface area contributed by atoms with Crippen molar-refractivity contribution in [1.29, 1.82) is 0 Å².